The minimum atomic E-state index is 0.512. The summed E-state index contributed by atoms with van der Waals surface area (Å²) in [4.78, 5) is 0. The SMILES string of the molecule is Cc1ccc(OCc2coc3cc(Br)ccc23)cc1. The summed E-state index contributed by atoms with van der Waals surface area (Å²) in [6, 6.07) is 14.1. The van der Waals surface area contributed by atoms with Crippen molar-refractivity contribution in [2.24, 2.45) is 0 Å². The maximum atomic E-state index is 5.77. The Morgan fingerprint density at radius 2 is 1.89 bits per heavy atom. The van der Waals surface area contributed by atoms with Gasteiger partial charge in [-0.05, 0) is 37.3 Å². The van der Waals surface area contributed by atoms with Crippen molar-refractivity contribution in [3.63, 3.8) is 0 Å². The van der Waals surface area contributed by atoms with E-state index in [1.54, 1.807) is 6.26 Å². The minimum absolute atomic E-state index is 0.512. The van der Waals surface area contributed by atoms with Crippen molar-refractivity contribution in [2.75, 3.05) is 0 Å². The summed E-state index contributed by atoms with van der Waals surface area (Å²) in [5.41, 5.74) is 3.16. The van der Waals surface area contributed by atoms with E-state index < -0.39 is 0 Å². The average Bonchev–Trinajstić information content (AvgIpc) is 2.80. The zero-order valence-electron chi connectivity index (χ0n) is 10.5. The lowest BCUT2D eigenvalue weighted by Crippen LogP contribution is -1.94. The molecule has 0 saturated heterocycles. The summed E-state index contributed by atoms with van der Waals surface area (Å²) in [7, 11) is 0. The van der Waals surface area contributed by atoms with Gasteiger partial charge in [0.25, 0.3) is 0 Å². The molecule has 0 bridgehead atoms. The molecular formula is C16H13BrO2. The highest BCUT2D eigenvalue weighted by atomic mass is 79.9. The molecule has 0 fully saturated rings. The van der Waals surface area contributed by atoms with Crippen molar-refractivity contribution in [3.8, 4) is 5.75 Å². The standard InChI is InChI=1S/C16H13BrO2/c1-11-2-5-14(6-3-11)18-9-12-10-19-16-8-13(17)4-7-15(12)16/h2-8,10H,9H2,1H3. The summed E-state index contributed by atoms with van der Waals surface area (Å²) in [5, 5.41) is 1.09. The molecule has 0 amide bonds. The van der Waals surface area contributed by atoms with E-state index >= 15 is 0 Å². The topological polar surface area (TPSA) is 22.4 Å². The number of ether oxygens (including phenoxy) is 1. The fraction of sp³-hybridized carbons (Fsp3) is 0.125. The Morgan fingerprint density at radius 3 is 2.68 bits per heavy atom. The number of aryl methyl sites for hydroxylation is 1. The molecule has 0 spiro atoms. The van der Waals surface area contributed by atoms with Crippen LogP contribution in [0.3, 0.4) is 0 Å². The van der Waals surface area contributed by atoms with Gasteiger partial charge in [-0.2, -0.15) is 0 Å². The highest BCUT2D eigenvalue weighted by Crippen LogP contribution is 2.25. The van der Waals surface area contributed by atoms with Crippen LogP contribution in [-0.4, -0.2) is 0 Å². The third-order valence-electron chi connectivity index (χ3n) is 3.03. The van der Waals surface area contributed by atoms with Crippen LogP contribution < -0.4 is 4.74 Å². The predicted molar refractivity (Wildman–Crippen MR) is 79.4 cm³/mol. The van der Waals surface area contributed by atoms with Gasteiger partial charge in [-0.1, -0.05) is 33.6 Å². The third kappa shape index (κ3) is 2.66. The molecule has 0 N–H and O–H groups in total. The zero-order chi connectivity index (χ0) is 13.2. The molecule has 0 atom stereocenters. The Labute approximate surface area is 120 Å². The van der Waals surface area contributed by atoms with Gasteiger partial charge in [0.15, 0.2) is 0 Å². The van der Waals surface area contributed by atoms with Gasteiger partial charge in [-0.3, -0.25) is 0 Å². The first-order chi connectivity index (χ1) is 9.22. The smallest absolute Gasteiger partial charge is 0.135 e. The van der Waals surface area contributed by atoms with Gasteiger partial charge >= 0.3 is 0 Å². The van der Waals surface area contributed by atoms with E-state index in [2.05, 4.69) is 22.9 Å². The molecule has 3 heteroatoms. The first kappa shape index (κ1) is 12.3. The Kier molecular flexibility index (Phi) is 3.30. The Balaban J connectivity index is 1.80. The second kappa shape index (κ2) is 5.10. The normalized spacial score (nSPS) is 10.8. The molecule has 0 unspecified atom stereocenters. The summed E-state index contributed by atoms with van der Waals surface area (Å²) in [6.45, 7) is 2.57. The first-order valence-corrected chi connectivity index (χ1v) is 6.87. The van der Waals surface area contributed by atoms with E-state index in [1.165, 1.54) is 5.56 Å². The Hall–Kier alpha value is -1.74. The van der Waals surface area contributed by atoms with Crippen LogP contribution >= 0.6 is 15.9 Å². The molecular weight excluding hydrogens is 304 g/mol. The maximum absolute atomic E-state index is 5.77. The monoisotopic (exact) mass is 316 g/mol. The van der Waals surface area contributed by atoms with E-state index in [-0.39, 0.29) is 0 Å². The largest absolute Gasteiger partial charge is 0.489 e. The van der Waals surface area contributed by atoms with Crippen LogP contribution in [0, 0.1) is 6.92 Å². The first-order valence-electron chi connectivity index (χ1n) is 6.07. The van der Waals surface area contributed by atoms with Crippen molar-refractivity contribution < 1.29 is 9.15 Å². The Morgan fingerprint density at radius 1 is 1.11 bits per heavy atom. The van der Waals surface area contributed by atoms with Crippen molar-refractivity contribution in [2.45, 2.75) is 13.5 Å². The lowest BCUT2D eigenvalue weighted by molar-refractivity contribution is 0.306. The predicted octanol–water partition coefficient (Wildman–Crippen LogP) is 5.08. The zero-order valence-corrected chi connectivity index (χ0v) is 12.1. The summed E-state index contributed by atoms with van der Waals surface area (Å²) < 4.78 is 12.3. The van der Waals surface area contributed by atoms with Gasteiger partial charge in [-0.25, -0.2) is 0 Å². The van der Waals surface area contributed by atoms with E-state index in [0.29, 0.717) is 6.61 Å². The van der Waals surface area contributed by atoms with Crippen molar-refractivity contribution >= 4 is 26.9 Å². The highest BCUT2D eigenvalue weighted by Gasteiger charge is 2.06. The van der Waals surface area contributed by atoms with Gasteiger partial charge in [0.05, 0.1) is 6.26 Å². The number of furan rings is 1. The second-order valence-electron chi connectivity index (χ2n) is 4.50. The van der Waals surface area contributed by atoms with Crippen LogP contribution in [0.1, 0.15) is 11.1 Å². The molecule has 0 radical (unpaired) electrons. The molecule has 2 aromatic carbocycles. The number of fused-ring (bicyclic) bond motifs is 1. The van der Waals surface area contributed by atoms with E-state index in [9.17, 15) is 0 Å². The van der Waals surface area contributed by atoms with Crippen LogP contribution in [0.25, 0.3) is 11.0 Å². The highest BCUT2D eigenvalue weighted by molar-refractivity contribution is 9.10. The fourth-order valence-corrected chi connectivity index (χ4v) is 2.30. The molecule has 1 aromatic heterocycles. The summed E-state index contributed by atoms with van der Waals surface area (Å²) >= 11 is 3.43. The number of rotatable bonds is 3. The molecule has 0 saturated carbocycles. The summed E-state index contributed by atoms with van der Waals surface area (Å²) in [5.74, 6) is 0.872. The molecule has 1 heterocycles. The van der Waals surface area contributed by atoms with Gasteiger partial charge in [0, 0.05) is 15.4 Å². The lowest BCUT2D eigenvalue weighted by Gasteiger charge is -2.05. The Bertz CT molecular complexity index is 698. The number of hydrogen-bond donors (Lipinski definition) is 0. The van der Waals surface area contributed by atoms with Crippen LogP contribution in [0.15, 0.2) is 57.6 Å². The van der Waals surface area contributed by atoms with E-state index in [1.807, 2.05) is 42.5 Å². The van der Waals surface area contributed by atoms with Crippen LogP contribution in [0.5, 0.6) is 5.75 Å². The van der Waals surface area contributed by atoms with Crippen molar-refractivity contribution in [1.29, 1.82) is 0 Å². The van der Waals surface area contributed by atoms with E-state index in [0.717, 1.165) is 26.8 Å². The molecule has 96 valence electrons. The number of halogens is 1. The maximum Gasteiger partial charge on any atom is 0.135 e. The minimum Gasteiger partial charge on any atom is -0.489 e. The number of hydrogen-bond acceptors (Lipinski definition) is 2. The lowest BCUT2D eigenvalue weighted by atomic mass is 10.2. The van der Waals surface area contributed by atoms with Crippen LogP contribution in [-0.2, 0) is 6.61 Å². The molecule has 2 nitrogen and oxygen atoms in total. The van der Waals surface area contributed by atoms with Gasteiger partial charge in [-0.15, -0.1) is 0 Å². The van der Waals surface area contributed by atoms with Crippen LogP contribution in [0.4, 0.5) is 0 Å². The van der Waals surface area contributed by atoms with Gasteiger partial charge in [0.2, 0.25) is 0 Å². The molecule has 3 aromatic rings. The van der Waals surface area contributed by atoms with Crippen molar-refractivity contribution in [1.82, 2.24) is 0 Å². The third-order valence-corrected chi connectivity index (χ3v) is 3.53. The average molecular weight is 317 g/mol. The fourth-order valence-electron chi connectivity index (χ4n) is 1.96. The molecule has 0 aliphatic heterocycles. The summed E-state index contributed by atoms with van der Waals surface area (Å²) in [6.07, 6.45) is 1.76. The quantitative estimate of drug-likeness (QED) is 0.672. The van der Waals surface area contributed by atoms with Gasteiger partial charge in [0.1, 0.15) is 17.9 Å². The molecule has 0 aliphatic carbocycles. The van der Waals surface area contributed by atoms with E-state index in [4.69, 9.17) is 9.15 Å². The molecule has 19 heavy (non-hydrogen) atoms. The molecule has 0 aliphatic rings. The van der Waals surface area contributed by atoms with Crippen molar-refractivity contribution in [3.05, 3.63) is 64.3 Å². The molecule has 3 rings (SSSR count). The van der Waals surface area contributed by atoms with Crippen LogP contribution in [0.2, 0.25) is 0 Å². The second-order valence-corrected chi connectivity index (χ2v) is 5.42. The number of benzene rings is 2. The van der Waals surface area contributed by atoms with Gasteiger partial charge < -0.3 is 9.15 Å².